The van der Waals surface area contributed by atoms with Gasteiger partial charge in [0.25, 0.3) is 0 Å². The smallest absolute Gasteiger partial charge is 0.222 e. The van der Waals surface area contributed by atoms with E-state index in [2.05, 4.69) is 62.2 Å². The van der Waals surface area contributed by atoms with Crippen LogP contribution in [0.2, 0.25) is 0 Å². The summed E-state index contributed by atoms with van der Waals surface area (Å²) in [5.74, 6) is 2.15. The highest BCUT2D eigenvalue weighted by Crippen LogP contribution is 2.36. The Hall–Kier alpha value is -2.58. The van der Waals surface area contributed by atoms with Gasteiger partial charge in [-0.15, -0.1) is 0 Å². The number of hydrogen-bond donors (Lipinski definition) is 2. The number of aromatic nitrogens is 2. The second kappa shape index (κ2) is 11.0. The van der Waals surface area contributed by atoms with Gasteiger partial charge in [0.05, 0.1) is 12.8 Å². The molecule has 8 heteroatoms. The first kappa shape index (κ1) is 23.6. The first-order valence-electron chi connectivity index (χ1n) is 12.3. The van der Waals surface area contributed by atoms with Gasteiger partial charge in [-0.1, -0.05) is 31.9 Å². The number of nitrogens with zero attached hydrogens (tertiary/aromatic N) is 5. The lowest BCUT2D eigenvalue weighted by atomic mass is 10.1. The number of methoxy groups -OCH3 is 1. The number of benzene rings is 1. The van der Waals surface area contributed by atoms with E-state index in [-0.39, 0.29) is 0 Å². The van der Waals surface area contributed by atoms with Crippen LogP contribution in [-0.2, 0) is 19.5 Å². The number of anilines is 3. The molecule has 1 aromatic carbocycles. The number of unbranched alkanes of at least 4 members (excludes halogenated alkanes) is 2. The number of likely N-dealkylation sites (N-methyl/N-ethyl adjacent to an activating group) is 1. The zero-order valence-electron chi connectivity index (χ0n) is 20.4. The molecule has 0 atom stereocenters. The van der Waals surface area contributed by atoms with E-state index in [9.17, 15) is 0 Å². The van der Waals surface area contributed by atoms with Crippen molar-refractivity contribution >= 4 is 17.5 Å². The maximum absolute atomic E-state index is 6.00. The van der Waals surface area contributed by atoms with Crippen LogP contribution >= 0.6 is 0 Å². The Morgan fingerprint density at radius 1 is 1.06 bits per heavy atom. The van der Waals surface area contributed by atoms with Gasteiger partial charge in [0.2, 0.25) is 5.95 Å². The molecular formula is C25H39N7O. The molecule has 0 aliphatic carbocycles. The molecule has 0 spiro atoms. The second-order valence-electron chi connectivity index (χ2n) is 9.26. The van der Waals surface area contributed by atoms with Gasteiger partial charge in [0.1, 0.15) is 11.4 Å². The Balaban J connectivity index is 1.47. The zero-order valence-corrected chi connectivity index (χ0v) is 20.4. The molecule has 3 N–H and O–H groups in total. The summed E-state index contributed by atoms with van der Waals surface area (Å²) in [6, 6.07) is 6.67. The fourth-order valence-corrected chi connectivity index (χ4v) is 4.73. The summed E-state index contributed by atoms with van der Waals surface area (Å²) in [5.41, 5.74) is 10.6. The van der Waals surface area contributed by atoms with E-state index in [1.807, 2.05) is 0 Å². The summed E-state index contributed by atoms with van der Waals surface area (Å²) in [7, 11) is 3.96. The number of nitrogen functional groups attached to an aromatic ring is 1. The normalized spacial score (nSPS) is 16.8. The molecule has 33 heavy (non-hydrogen) atoms. The van der Waals surface area contributed by atoms with Crippen molar-refractivity contribution in [2.75, 3.05) is 69.4 Å². The summed E-state index contributed by atoms with van der Waals surface area (Å²) in [6.45, 7) is 10.2. The minimum Gasteiger partial charge on any atom is -0.496 e. The third kappa shape index (κ3) is 5.86. The fourth-order valence-electron chi connectivity index (χ4n) is 4.73. The number of nitrogens with one attached hydrogen (secondary N) is 1. The highest BCUT2D eigenvalue weighted by atomic mass is 16.5. The van der Waals surface area contributed by atoms with Crippen LogP contribution in [0.3, 0.4) is 0 Å². The van der Waals surface area contributed by atoms with Crippen molar-refractivity contribution in [1.29, 1.82) is 0 Å². The van der Waals surface area contributed by atoms with Gasteiger partial charge < -0.3 is 25.6 Å². The van der Waals surface area contributed by atoms with Crippen LogP contribution in [-0.4, -0.2) is 73.2 Å². The van der Waals surface area contributed by atoms with E-state index >= 15 is 0 Å². The van der Waals surface area contributed by atoms with E-state index in [0.717, 1.165) is 88.1 Å². The van der Waals surface area contributed by atoms with Crippen molar-refractivity contribution in [2.24, 2.45) is 0 Å². The predicted octanol–water partition coefficient (Wildman–Crippen LogP) is 2.98. The average Bonchev–Trinajstić information content (AvgIpc) is 3.21. The highest BCUT2D eigenvalue weighted by molar-refractivity contribution is 5.72. The molecule has 0 saturated carbocycles. The monoisotopic (exact) mass is 453 g/mol. The molecule has 0 radical (unpaired) electrons. The lowest BCUT2D eigenvalue weighted by Crippen LogP contribution is -2.43. The molecule has 0 amide bonds. The first-order valence-corrected chi connectivity index (χ1v) is 12.3. The summed E-state index contributed by atoms with van der Waals surface area (Å²) in [6.07, 6.45) is 4.41. The van der Waals surface area contributed by atoms with Gasteiger partial charge in [-0.2, -0.15) is 4.98 Å². The Labute approximate surface area is 198 Å². The molecule has 1 aromatic heterocycles. The number of nitrogens with two attached hydrogens (primary N) is 1. The molecule has 0 bridgehead atoms. The van der Waals surface area contributed by atoms with E-state index in [1.54, 1.807) is 7.11 Å². The van der Waals surface area contributed by atoms with Crippen molar-refractivity contribution in [3.8, 4) is 5.75 Å². The van der Waals surface area contributed by atoms with Gasteiger partial charge >= 0.3 is 0 Å². The van der Waals surface area contributed by atoms with Crippen LogP contribution in [0.15, 0.2) is 18.2 Å². The molecule has 1 fully saturated rings. The third-order valence-corrected chi connectivity index (χ3v) is 6.70. The van der Waals surface area contributed by atoms with Crippen molar-refractivity contribution in [3.05, 3.63) is 35.0 Å². The predicted molar refractivity (Wildman–Crippen MR) is 135 cm³/mol. The van der Waals surface area contributed by atoms with Crippen molar-refractivity contribution in [3.63, 3.8) is 0 Å². The highest BCUT2D eigenvalue weighted by Gasteiger charge is 2.27. The summed E-state index contributed by atoms with van der Waals surface area (Å²) in [5, 5.41) is 3.51. The topological polar surface area (TPSA) is 82.8 Å². The molecule has 180 valence electrons. The Kier molecular flexibility index (Phi) is 7.88. The van der Waals surface area contributed by atoms with Crippen LogP contribution in [0.5, 0.6) is 5.75 Å². The van der Waals surface area contributed by atoms with Crippen molar-refractivity contribution in [1.82, 2.24) is 19.8 Å². The molecule has 4 rings (SSSR count). The second-order valence-corrected chi connectivity index (χ2v) is 9.26. The maximum Gasteiger partial charge on any atom is 0.222 e. The molecule has 2 aliphatic rings. The molecule has 8 nitrogen and oxygen atoms in total. The average molecular weight is 454 g/mol. The van der Waals surface area contributed by atoms with Gasteiger partial charge in [-0.25, -0.2) is 4.98 Å². The van der Waals surface area contributed by atoms with Gasteiger partial charge in [-0.3, -0.25) is 4.90 Å². The van der Waals surface area contributed by atoms with Crippen molar-refractivity contribution in [2.45, 2.75) is 45.7 Å². The lowest BCUT2D eigenvalue weighted by molar-refractivity contribution is 0.148. The number of ether oxygens (including phenoxy) is 1. The molecule has 0 unspecified atom stereocenters. The van der Waals surface area contributed by atoms with Crippen LogP contribution in [0.25, 0.3) is 0 Å². The van der Waals surface area contributed by atoms with Gasteiger partial charge in [0, 0.05) is 64.3 Å². The summed E-state index contributed by atoms with van der Waals surface area (Å²) < 4.78 is 5.81. The molecule has 1 saturated heterocycles. The quantitative estimate of drug-likeness (QED) is 0.532. The minimum absolute atomic E-state index is 0.347. The third-order valence-electron chi connectivity index (χ3n) is 6.70. The van der Waals surface area contributed by atoms with Crippen LogP contribution in [0.4, 0.5) is 17.5 Å². The number of piperazine rings is 1. The summed E-state index contributed by atoms with van der Waals surface area (Å²) >= 11 is 0. The van der Waals surface area contributed by atoms with E-state index in [1.165, 1.54) is 24.0 Å². The Morgan fingerprint density at radius 2 is 1.88 bits per heavy atom. The number of hydrogen-bond acceptors (Lipinski definition) is 8. The zero-order chi connectivity index (χ0) is 23.2. The Bertz CT molecular complexity index is 927. The largest absolute Gasteiger partial charge is 0.496 e. The first-order chi connectivity index (χ1) is 16.1. The van der Waals surface area contributed by atoms with Crippen LogP contribution < -0.4 is 20.7 Å². The van der Waals surface area contributed by atoms with Crippen molar-refractivity contribution < 1.29 is 4.74 Å². The maximum atomic E-state index is 6.00. The fraction of sp³-hybridized carbons (Fsp3) is 0.600. The summed E-state index contributed by atoms with van der Waals surface area (Å²) in [4.78, 5) is 16.3. The number of rotatable bonds is 10. The van der Waals surface area contributed by atoms with Gasteiger partial charge in [-0.05, 0) is 25.1 Å². The van der Waals surface area contributed by atoms with Crippen LogP contribution in [0.1, 0.15) is 43.0 Å². The Morgan fingerprint density at radius 3 is 2.64 bits per heavy atom. The molecule has 3 heterocycles. The molecule has 2 aromatic rings. The SMILES string of the molecule is CCCCCNc1nc(N)nc2c1N(Cc1ccc(CN3CCN(C)CC3)cc1OC)CC2. The molecule has 2 aliphatic heterocycles. The number of fused-ring (bicyclic) bond motifs is 1. The minimum atomic E-state index is 0.347. The van der Waals surface area contributed by atoms with E-state index < -0.39 is 0 Å². The van der Waals surface area contributed by atoms with Gasteiger partial charge in [0.15, 0.2) is 5.82 Å². The van der Waals surface area contributed by atoms with E-state index in [0.29, 0.717) is 5.95 Å². The molecular weight excluding hydrogens is 414 g/mol. The lowest BCUT2D eigenvalue weighted by Gasteiger charge is -2.32. The standard InChI is InChI=1S/C25H39N7O/c1-4-5-6-10-27-24-23-21(28-25(26)29-24)9-11-32(23)18-20-8-7-19(16-22(20)33-3)17-31-14-12-30(2)13-15-31/h7-8,16H,4-6,9-15,17-18H2,1-3H3,(H3,26,27,28,29). The van der Waals surface area contributed by atoms with Crippen LogP contribution in [0, 0.1) is 0 Å². The van der Waals surface area contributed by atoms with E-state index in [4.69, 9.17) is 10.5 Å².